The van der Waals surface area contributed by atoms with Crippen LogP contribution in [0.2, 0.25) is 0 Å². The summed E-state index contributed by atoms with van der Waals surface area (Å²) < 4.78 is 12.9. The number of rotatable bonds is 6. The lowest BCUT2D eigenvalue weighted by molar-refractivity contribution is -0.856. The molecule has 0 bridgehead atoms. The molecule has 1 aromatic carbocycles. The summed E-state index contributed by atoms with van der Waals surface area (Å²) in [7, 11) is 4.04. The molecule has 1 unspecified atom stereocenters. The highest BCUT2D eigenvalue weighted by Crippen LogP contribution is 2.21. The van der Waals surface area contributed by atoms with E-state index in [0.717, 1.165) is 12.1 Å². The third kappa shape index (κ3) is 4.27. The van der Waals surface area contributed by atoms with Gasteiger partial charge < -0.3 is 15.1 Å². The van der Waals surface area contributed by atoms with Crippen molar-refractivity contribution < 1.29 is 18.9 Å². The van der Waals surface area contributed by atoms with Gasteiger partial charge in [-0.25, -0.2) is 4.39 Å². The van der Waals surface area contributed by atoms with Crippen molar-refractivity contribution in [3.8, 4) is 0 Å². The summed E-state index contributed by atoms with van der Waals surface area (Å²) in [5.41, 5.74) is 0.826. The Labute approximate surface area is 130 Å². The molecule has 1 heterocycles. The van der Waals surface area contributed by atoms with Crippen molar-refractivity contribution in [2.45, 2.75) is 25.4 Å². The van der Waals surface area contributed by atoms with Crippen LogP contribution in [0.5, 0.6) is 0 Å². The van der Waals surface area contributed by atoms with Gasteiger partial charge in [0.05, 0.1) is 27.2 Å². The third-order valence-corrected chi connectivity index (χ3v) is 3.82. The van der Waals surface area contributed by atoms with Crippen LogP contribution in [-0.2, 0) is 16.1 Å². The number of likely N-dealkylation sites (tertiary alicyclic amines) is 1. The number of amides is 2. The van der Waals surface area contributed by atoms with Gasteiger partial charge in [-0.1, -0.05) is 12.1 Å². The highest BCUT2D eigenvalue weighted by molar-refractivity contribution is 5.90. The van der Waals surface area contributed by atoms with Crippen molar-refractivity contribution in [1.29, 1.82) is 0 Å². The molecular formula is C16H23FN3O2+. The van der Waals surface area contributed by atoms with E-state index in [-0.39, 0.29) is 17.6 Å². The summed E-state index contributed by atoms with van der Waals surface area (Å²) >= 11 is 0. The fraction of sp³-hybridized carbons (Fsp3) is 0.500. The summed E-state index contributed by atoms with van der Waals surface area (Å²) in [5, 5.41) is 2.89. The molecule has 0 aromatic heterocycles. The van der Waals surface area contributed by atoms with E-state index in [1.54, 1.807) is 17.0 Å². The zero-order chi connectivity index (χ0) is 16.1. The van der Waals surface area contributed by atoms with E-state index < -0.39 is 6.04 Å². The van der Waals surface area contributed by atoms with E-state index in [2.05, 4.69) is 5.32 Å². The maximum Gasteiger partial charge on any atom is 0.243 e. The fourth-order valence-electron chi connectivity index (χ4n) is 2.54. The van der Waals surface area contributed by atoms with Crippen molar-refractivity contribution in [2.75, 3.05) is 27.2 Å². The Morgan fingerprint density at radius 2 is 2.05 bits per heavy atom. The molecule has 1 aromatic rings. The van der Waals surface area contributed by atoms with Crippen LogP contribution in [0.25, 0.3) is 0 Å². The first-order valence-electron chi connectivity index (χ1n) is 7.58. The molecule has 1 atom stereocenters. The van der Waals surface area contributed by atoms with Crippen molar-refractivity contribution in [3.05, 3.63) is 35.6 Å². The maximum atomic E-state index is 12.9. The normalized spacial score (nSPS) is 18.1. The van der Waals surface area contributed by atoms with Gasteiger partial charge in [0.15, 0.2) is 0 Å². The second-order valence-electron chi connectivity index (χ2n) is 5.95. The van der Waals surface area contributed by atoms with Gasteiger partial charge in [-0.2, -0.15) is 0 Å². The molecule has 0 radical (unpaired) electrons. The lowest BCUT2D eigenvalue weighted by Crippen LogP contribution is -3.06. The van der Waals surface area contributed by atoms with Gasteiger partial charge >= 0.3 is 0 Å². The molecule has 0 spiro atoms. The number of nitrogens with one attached hydrogen (secondary N) is 2. The monoisotopic (exact) mass is 308 g/mol. The molecule has 1 aliphatic rings. The number of hydrogen-bond acceptors (Lipinski definition) is 2. The number of quaternary nitrogens is 1. The molecular weight excluding hydrogens is 285 g/mol. The van der Waals surface area contributed by atoms with Crippen LogP contribution in [0.15, 0.2) is 24.3 Å². The number of carbonyl (C=O) groups excluding carboxylic acids is 2. The number of carbonyl (C=O) groups is 2. The summed E-state index contributed by atoms with van der Waals surface area (Å²) in [6, 6.07) is 5.60. The van der Waals surface area contributed by atoms with Crippen molar-refractivity contribution in [3.63, 3.8) is 0 Å². The van der Waals surface area contributed by atoms with Crippen LogP contribution >= 0.6 is 0 Å². The van der Waals surface area contributed by atoms with Gasteiger partial charge in [0, 0.05) is 13.0 Å². The SMILES string of the molecule is C[NH+](C)CCNC(=O)C1CCC(=O)N1Cc1ccc(F)cc1. The molecule has 1 saturated heterocycles. The second-order valence-corrected chi connectivity index (χ2v) is 5.95. The minimum absolute atomic E-state index is 0.0253. The molecule has 0 saturated carbocycles. The van der Waals surface area contributed by atoms with Gasteiger partial charge in [0.25, 0.3) is 0 Å². The second kappa shape index (κ2) is 7.35. The Morgan fingerprint density at radius 3 is 2.68 bits per heavy atom. The molecule has 22 heavy (non-hydrogen) atoms. The van der Waals surface area contributed by atoms with E-state index in [4.69, 9.17) is 0 Å². The van der Waals surface area contributed by atoms with Crippen LogP contribution in [0.1, 0.15) is 18.4 Å². The zero-order valence-corrected chi connectivity index (χ0v) is 13.1. The number of halogens is 1. The molecule has 2 rings (SSSR count). The standard InChI is InChI=1S/C16H22FN3O2/c1-19(2)10-9-18-16(22)14-7-8-15(21)20(14)11-12-3-5-13(17)6-4-12/h3-6,14H,7-11H2,1-2H3,(H,18,22)/p+1. The molecule has 5 nitrogen and oxygen atoms in total. The minimum atomic E-state index is -0.422. The molecule has 0 aliphatic carbocycles. The predicted molar refractivity (Wildman–Crippen MR) is 80.7 cm³/mol. The van der Waals surface area contributed by atoms with E-state index in [1.807, 2.05) is 14.1 Å². The maximum absolute atomic E-state index is 12.9. The smallest absolute Gasteiger partial charge is 0.243 e. The van der Waals surface area contributed by atoms with Gasteiger partial charge in [-0.3, -0.25) is 9.59 Å². The average Bonchev–Trinajstić information content (AvgIpc) is 2.82. The lowest BCUT2D eigenvalue weighted by Gasteiger charge is -2.24. The van der Waals surface area contributed by atoms with E-state index >= 15 is 0 Å². The van der Waals surface area contributed by atoms with Crippen molar-refractivity contribution in [1.82, 2.24) is 10.2 Å². The molecule has 1 aliphatic heterocycles. The number of hydrogen-bond donors (Lipinski definition) is 2. The van der Waals surface area contributed by atoms with Gasteiger partial charge in [0.2, 0.25) is 11.8 Å². The molecule has 2 amide bonds. The molecule has 1 fully saturated rings. The summed E-state index contributed by atoms with van der Waals surface area (Å²) in [5.74, 6) is -0.436. The van der Waals surface area contributed by atoms with Gasteiger partial charge in [0.1, 0.15) is 11.9 Å². The highest BCUT2D eigenvalue weighted by atomic mass is 19.1. The molecule has 6 heteroatoms. The largest absolute Gasteiger partial charge is 0.349 e. The van der Waals surface area contributed by atoms with Crippen LogP contribution < -0.4 is 10.2 Å². The van der Waals surface area contributed by atoms with Crippen LogP contribution in [0.4, 0.5) is 4.39 Å². The van der Waals surface area contributed by atoms with E-state index in [1.165, 1.54) is 17.0 Å². The van der Waals surface area contributed by atoms with Crippen LogP contribution in [-0.4, -0.2) is 49.9 Å². The first kappa shape index (κ1) is 16.4. The average molecular weight is 308 g/mol. The zero-order valence-electron chi connectivity index (χ0n) is 13.1. The predicted octanol–water partition coefficient (Wildman–Crippen LogP) is -0.423. The minimum Gasteiger partial charge on any atom is -0.349 e. The molecule has 2 N–H and O–H groups in total. The number of benzene rings is 1. The van der Waals surface area contributed by atoms with E-state index in [0.29, 0.717) is 25.9 Å². The number of likely N-dealkylation sites (N-methyl/N-ethyl adjacent to an activating group) is 1. The third-order valence-electron chi connectivity index (χ3n) is 3.82. The van der Waals surface area contributed by atoms with Crippen LogP contribution in [0.3, 0.4) is 0 Å². The van der Waals surface area contributed by atoms with Crippen molar-refractivity contribution in [2.24, 2.45) is 0 Å². The Balaban J connectivity index is 1.96. The van der Waals surface area contributed by atoms with Gasteiger partial charge in [-0.15, -0.1) is 0 Å². The van der Waals surface area contributed by atoms with Crippen LogP contribution in [0, 0.1) is 5.82 Å². The quantitative estimate of drug-likeness (QED) is 0.750. The summed E-state index contributed by atoms with van der Waals surface area (Å²) in [6.07, 6.45) is 0.929. The topological polar surface area (TPSA) is 53.9 Å². The lowest BCUT2D eigenvalue weighted by atomic mass is 10.1. The highest BCUT2D eigenvalue weighted by Gasteiger charge is 2.35. The Hall–Kier alpha value is -1.95. The first-order valence-corrected chi connectivity index (χ1v) is 7.58. The van der Waals surface area contributed by atoms with E-state index in [9.17, 15) is 14.0 Å². The Kier molecular flexibility index (Phi) is 5.49. The fourth-order valence-corrected chi connectivity index (χ4v) is 2.54. The molecule has 120 valence electrons. The summed E-state index contributed by atoms with van der Waals surface area (Å²) in [4.78, 5) is 27.1. The Morgan fingerprint density at radius 1 is 1.36 bits per heavy atom. The first-order chi connectivity index (χ1) is 10.5. The Bertz CT molecular complexity index is 531. The van der Waals surface area contributed by atoms with Gasteiger partial charge in [-0.05, 0) is 24.1 Å². The number of nitrogens with zero attached hydrogens (tertiary/aromatic N) is 1. The van der Waals surface area contributed by atoms with Crippen molar-refractivity contribution >= 4 is 11.8 Å². The summed E-state index contributed by atoms with van der Waals surface area (Å²) in [6.45, 7) is 1.77.